The van der Waals surface area contributed by atoms with Crippen LogP contribution in [0.5, 0.6) is 0 Å². The molecule has 0 fully saturated rings. The van der Waals surface area contributed by atoms with Gasteiger partial charge < -0.3 is 5.73 Å². The fourth-order valence-electron chi connectivity index (χ4n) is 1.24. The largest absolute Gasteiger partial charge is 0.375 e. The van der Waals surface area contributed by atoms with Crippen molar-refractivity contribution in [1.82, 2.24) is 5.43 Å². The summed E-state index contributed by atoms with van der Waals surface area (Å²) in [5.74, 6) is 0.553. The Kier molecular flexibility index (Phi) is 7.59. The summed E-state index contributed by atoms with van der Waals surface area (Å²) < 4.78 is 0. The maximum atomic E-state index is 5.23. The van der Waals surface area contributed by atoms with Gasteiger partial charge in [-0.3, -0.25) is 5.43 Å². The summed E-state index contributed by atoms with van der Waals surface area (Å²) in [5, 5.41) is 4.19. The Bertz CT molecular complexity index is 162. The van der Waals surface area contributed by atoms with Gasteiger partial charge in [0.25, 0.3) is 0 Å². The summed E-state index contributed by atoms with van der Waals surface area (Å²) in [4.78, 5) is 0. The summed E-state index contributed by atoms with van der Waals surface area (Å²) in [6.07, 6.45) is 6.63. The van der Waals surface area contributed by atoms with Crippen LogP contribution in [0.3, 0.4) is 0 Å². The second kappa shape index (κ2) is 7.98. The van der Waals surface area contributed by atoms with Crippen LogP contribution < -0.4 is 11.2 Å². The van der Waals surface area contributed by atoms with Gasteiger partial charge >= 0.3 is 0 Å². The summed E-state index contributed by atoms with van der Waals surface area (Å²) >= 11 is 4.63. The number of thiocarbonyl (C=S) groups is 1. The van der Waals surface area contributed by atoms with E-state index in [0.29, 0.717) is 5.92 Å². The van der Waals surface area contributed by atoms with E-state index in [-0.39, 0.29) is 5.11 Å². The monoisotopic (exact) mass is 201 g/mol. The molecule has 0 bridgehead atoms. The molecule has 0 rings (SSSR count). The molecule has 0 saturated heterocycles. The van der Waals surface area contributed by atoms with Gasteiger partial charge in [-0.05, 0) is 31.0 Å². The van der Waals surface area contributed by atoms with E-state index in [9.17, 15) is 0 Å². The molecule has 0 aliphatic carbocycles. The first-order chi connectivity index (χ1) is 6.20. The van der Waals surface area contributed by atoms with Gasteiger partial charge in [-0.25, -0.2) is 0 Å². The Morgan fingerprint density at radius 1 is 1.46 bits per heavy atom. The molecule has 0 unspecified atom stereocenters. The highest BCUT2D eigenvalue weighted by molar-refractivity contribution is 7.80. The van der Waals surface area contributed by atoms with Gasteiger partial charge in [0.1, 0.15) is 0 Å². The van der Waals surface area contributed by atoms with Crippen molar-refractivity contribution in [3.63, 3.8) is 0 Å². The van der Waals surface area contributed by atoms with Crippen LogP contribution in [0.4, 0.5) is 0 Å². The van der Waals surface area contributed by atoms with E-state index in [1.807, 2.05) is 6.21 Å². The maximum Gasteiger partial charge on any atom is 0.184 e. The molecule has 0 aliphatic rings. The lowest BCUT2D eigenvalue weighted by Gasteiger charge is -2.08. The number of nitrogens with zero attached hydrogens (tertiary/aromatic N) is 1. The third-order valence-electron chi connectivity index (χ3n) is 1.78. The minimum absolute atomic E-state index is 0.225. The van der Waals surface area contributed by atoms with E-state index in [0.717, 1.165) is 0 Å². The summed E-state index contributed by atoms with van der Waals surface area (Å²) in [5.41, 5.74) is 7.80. The normalized spacial score (nSPS) is 11.0. The molecule has 0 aliphatic heterocycles. The van der Waals surface area contributed by atoms with Crippen LogP contribution >= 0.6 is 12.2 Å². The number of hydrazone groups is 1. The molecular formula is C9H19N3S. The average Bonchev–Trinajstić information content (AvgIpc) is 2.04. The lowest BCUT2D eigenvalue weighted by Crippen LogP contribution is -2.24. The van der Waals surface area contributed by atoms with Crippen LogP contribution in [0.25, 0.3) is 0 Å². The summed E-state index contributed by atoms with van der Waals surface area (Å²) in [6.45, 7) is 4.36. The predicted octanol–water partition coefficient (Wildman–Crippen LogP) is 2.02. The Labute approximate surface area is 85.8 Å². The van der Waals surface area contributed by atoms with Crippen molar-refractivity contribution in [3.8, 4) is 0 Å². The van der Waals surface area contributed by atoms with E-state index >= 15 is 0 Å². The van der Waals surface area contributed by atoms with Crippen molar-refractivity contribution < 1.29 is 0 Å². The molecule has 13 heavy (non-hydrogen) atoms. The van der Waals surface area contributed by atoms with Crippen LogP contribution in [-0.4, -0.2) is 11.3 Å². The minimum atomic E-state index is 0.225. The average molecular weight is 201 g/mol. The standard InChI is InChI=1S/C9H19N3S/c1-3-5-8(6-4-2)7-11-12-9(10)13/h7-8H,3-6H2,1-2H3,(H3,10,12,13)/b11-7+. The Balaban J connectivity index is 3.78. The Morgan fingerprint density at radius 2 is 2.00 bits per heavy atom. The molecule has 0 spiro atoms. The topological polar surface area (TPSA) is 50.4 Å². The van der Waals surface area contributed by atoms with Crippen LogP contribution in [0.15, 0.2) is 5.10 Å². The molecule has 0 aromatic carbocycles. The van der Waals surface area contributed by atoms with Crippen molar-refractivity contribution in [2.75, 3.05) is 0 Å². The van der Waals surface area contributed by atoms with Gasteiger partial charge in [-0.1, -0.05) is 26.7 Å². The van der Waals surface area contributed by atoms with Gasteiger partial charge in [0.05, 0.1) is 0 Å². The summed E-state index contributed by atoms with van der Waals surface area (Å²) in [7, 11) is 0. The molecule has 0 amide bonds. The van der Waals surface area contributed by atoms with Gasteiger partial charge in [0, 0.05) is 6.21 Å². The summed E-state index contributed by atoms with van der Waals surface area (Å²) in [6, 6.07) is 0. The van der Waals surface area contributed by atoms with Crippen LogP contribution in [0, 0.1) is 5.92 Å². The van der Waals surface area contributed by atoms with Gasteiger partial charge in [-0.2, -0.15) is 5.10 Å². The molecule has 4 heteroatoms. The predicted molar refractivity (Wildman–Crippen MR) is 61.7 cm³/mol. The van der Waals surface area contributed by atoms with Gasteiger partial charge in [-0.15, -0.1) is 0 Å². The number of nitrogens with one attached hydrogen (secondary N) is 1. The SMILES string of the molecule is CCCC(/C=N/NC(N)=S)CCC. The molecule has 3 N–H and O–H groups in total. The third kappa shape index (κ3) is 7.71. The Morgan fingerprint density at radius 3 is 2.38 bits per heavy atom. The van der Waals surface area contributed by atoms with E-state index in [1.54, 1.807) is 0 Å². The van der Waals surface area contributed by atoms with Crippen molar-refractivity contribution in [2.45, 2.75) is 39.5 Å². The zero-order chi connectivity index (χ0) is 10.1. The fraction of sp³-hybridized carbons (Fsp3) is 0.778. The smallest absolute Gasteiger partial charge is 0.184 e. The molecule has 3 nitrogen and oxygen atoms in total. The third-order valence-corrected chi connectivity index (χ3v) is 1.87. The van der Waals surface area contributed by atoms with E-state index in [1.165, 1.54) is 25.7 Å². The van der Waals surface area contributed by atoms with E-state index in [2.05, 4.69) is 36.6 Å². The molecule has 0 aromatic heterocycles. The molecule has 0 saturated carbocycles. The lowest BCUT2D eigenvalue weighted by atomic mass is 10.0. The molecule has 0 radical (unpaired) electrons. The first-order valence-electron chi connectivity index (χ1n) is 4.79. The van der Waals surface area contributed by atoms with E-state index < -0.39 is 0 Å². The molecule has 0 heterocycles. The molecule has 0 atom stereocenters. The lowest BCUT2D eigenvalue weighted by molar-refractivity contribution is 0.565. The number of hydrogen-bond donors (Lipinski definition) is 2. The Hall–Kier alpha value is -0.640. The highest BCUT2D eigenvalue weighted by atomic mass is 32.1. The van der Waals surface area contributed by atoms with Crippen molar-refractivity contribution in [2.24, 2.45) is 16.8 Å². The zero-order valence-corrected chi connectivity index (χ0v) is 9.23. The maximum absolute atomic E-state index is 5.23. The minimum Gasteiger partial charge on any atom is -0.375 e. The fourth-order valence-corrected chi connectivity index (χ4v) is 1.29. The first kappa shape index (κ1) is 12.4. The van der Waals surface area contributed by atoms with Gasteiger partial charge in [0.15, 0.2) is 5.11 Å². The van der Waals surface area contributed by atoms with Crippen molar-refractivity contribution in [3.05, 3.63) is 0 Å². The number of hydrogen-bond acceptors (Lipinski definition) is 2. The second-order valence-corrected chi connectivity index (χ2v) is 3.53. The van der Waals surface area contributed by atoms with Crippen LogP contribution in [0.1, 0.15) is 39.5 Å². The van der Waals surface area contributed by atoms with Crippen LogP contribution in [0.2, 0.25) is 0 Å². The second-order valence-electron chi connectivity index (χ2n) is 3.09. The highest BCUT2D eigenvalue weighted by Crippen LogP contribution is 2.10. The van der Waals surface area contributed by atoms with Crippen molar-refractivity contribution >= 4 is 23.5 Å². The van der Waals surface area contributed by atoms with E-state index in [4.69, 9.17) is 5.73 Å². The first-order valence-corrected chi connectivity index (χ1v) is 5.20. The quantitative estimate of drug-likeness (QED) is 0.393. The van der Waals surface area contributed by atoms with Crippen LogP contribution in [-0.2, 0) is 0 Å². The van der Waals surface area contributed by atoms with Crippen molar-refractivity contribution in [1.29, 1.82) is 0 Å². The highest BCUT2D eigenvalue weighted by Gasteiger charge is 2.02. The molecule has 76 valence electrons. The zero-order valence-electron chi connectivity index (χ0n) is 8.42. The molecular weight excluding hydrogens is 182 g/mol. The molecule has 0 aromatic rings. The number of rotatable bonds is 6. The number of nitrogens with two attached hydrogens (primary N) is 1. The van der Waals surface area contributed by atoms with Gasteiger partial charge in [0.2, 0.25) is 0 Å².